The van der Waals surface area contributed by atoms with E-state index in [1.807, 2.05) is 21.0 Å². The predicted octanol–water partition coefficient (Wildman–Crippen LogP) is 2.45. The van der Waals surface area contributed by atoms with Gasteiger partial charge in [0.05, 0.1) is 31.8 Å². The fraction of sp³-hybridized carbons (Fsp3) is 0.846. The van der Waals surface area contributed by atoms with Gasteiger partial charge >= 0.3 is 11.9 Å². The number of unbranched alkanes of at least 4 members (excludes halogenated alkanes) is 1. The summed E-state index contributed by atoms with van der Waals surface area (Å²) in [7, 11) is 7.23. The summed E-state index contributed by atoms with van der Waals surface area (Å²) in [6.45, 7) is 10.3. The fourth-order valence-corrected chi connectivity index (χ4v) is 4.44. The molecule has 0 aromatic rings. The van der Waals surface area contributed by atoms with Gasteiger partial charge in [-0.2, -0.15) is 0 Å². The molecule has 0 aliphatic carbocycles. The van der Waals surface area contributed by atoms with Crippen molar-refractivity contribution in [2.24, 2.45) is 5.41 Å². The van der Waals surface area contributed by atoms with E-state index in [2.05, 4.69) is 6.92 Å². The number of ether oxygens (including phenoxy) is 1. The molecule has 0 atom stereocenters. The van der Waals surface area contributed by atoms with Crippen LogP contribution in [0.5, 0.6) is 0 Å². The Hall–Kier alpha value is -0.780. The molecule has 0 spiro atoms. The molecule has 11 nitrogen and oxygen atoms in total. The zero-order chi connectivity index (χ0) is 33.4. The number of thiocarbonyl (C=S) groups is 2. The maximum absolute atomic E-state index is 12.1. The molecule has 0 rings (SSSR count). The number of thioether (sulfide) groups is 2. The zero-order valence-electron chi connectivity index (χ0n) is 26.3. The van der Waals surface area contributed by atoms with Crippen LogP contribution in [-0.2, 0) is 14.3 Å². The van der Waals surface area contributed by atoms with Gasteiger partial charge in [-0.1, -0.05) is 68.2 Å². The van der Waals surface area contributed by atoms with Crippen LogP contribution in [0.1, 0.15) is 60.8 Å². The van der Waals surface area contributed by atoms with Crippen LogP contribution in [0.2, 0.25) is 0 Å². The van der Waals surface area contributed by atoms with Crippen LogP contribution in [0.15, 0.2) is 0 Å². The lowest BCUT2D eigenvalue weighted by Crippen LogP contribution is -2.40. The summed E-state index contributed by atoms with van der Waals surface area (Å²) in [4.78, 5) is 26.3. The van der Waals surface area contributed by atoms with Gasteiger partial charge in [-0.05, 0) is 40.5 Å². The van der Waals surface area contributed by atoms with Crippen molar-refractivity contribution >= 4 is 68.5 Å². The van der Waals surface area contributed by atoms with E-state index in [4.69, 9.17) is 49.6 Å². The Labute approximate surface area is 266 Å². The first-order valence-corrected chi connectivity index (χ1v) is 15.4. The standard InChI is InChI=1S/C13H25NO4S2.C7H13NO2S2.C4H10O.C2H6O2/c1-6-13(7-15,8-16)9-18-10(17)12(2,3)20-11(19)14(4)5;1-7(2,5(9)10)12-6(11)8(3)4;1-2-3-4-5;3-1-2-4/h15-16H,6-9H2,1-5H3;1-4H3,(H,9,10);5H,2-4H2,1H3;3-4H,1-2H2. The van der Waals surface area contributed by atoms with Crippen molar-refractivity contribution in [1.82, 2.24) is 9.80 Å². The number of carbonyl (C=O) groups is 2. The number of carbonyl (C=O) groups excluding carboxylic acids is 1. The Morgan fingerprint density at radius 1 is 0.756 bits per heavy atom. The van der Waals surface area contributed by atoms with Crippen LogP contribution < -0.4 is 0 Å². The highest BCUT2D eigenvalue weighted by molar-refractivity contribution is 8.24. The van der Waals surface area contributed by atoms with Crippen molar-refractivity contribution in [2.45, 2.75) is 70.3 Å². The van der Waals surface area contributed by atoms with Crippen LogP contribution >= 0.6 is 48.0 Å². The number of carboxylic acids is 1. The molecule has 0 aliphatic heterocycles. The molecule has 0 amide bonds. The first-order valence-electron chi connectivity index (χ1n) is 13.0. The summed E-state index contributed by atoms with van der Waals surface area (Å²) in [6.07, 6.45) is 2.56. The summed E-state index contributed by atoms with van der Waals surface area (Å²) in [5.41, 5.74) is -0.779. The van der Waals surface area contributed by atoms with Gasteiger partial charge in [0.15, 0.2) is 0 Å². The largest absolute Gasteiger partial charge is 0.480 e. The van der Waals surface area contributed by atoms with E-state index >= 15 is 0 Å². The van der Waals surface area contributed by atoms with E-state index in [1.165, 1.54) is 23.5 Å². The third kappa shape index (κ3) is 24.4. The van der Waals surface area contributed by atoms with Gasteiger partial charge in [0.2, 0.25) is 0 Å². The van der Waals surface area contributed by atoms with Gasteiger partial charge in [0.25, 0.3) is 0 Å². The second-order valence-electron chi connectivity index (χ2n) is 10.1. The number of hydrogen-bond donors (Lipinski definition) is 6. The third-order valence-corrected chi connectivity index (χ3v) is 8.64. The average Bonchev–Trinajstić information content (AvgIpc) is 2.90. The van der Waals surface area contributed by atoms with Crippen molar-refractivity contribution in [1.29, 1.82) is 0 Å². The summed E-state index contributed by atoms with van der Waals surface area (Å²) >= 11 is 12.6. The number of rotatable bonds is 12. The first-order chi connectivity index (χ1) is 18.7. The lowest BCUT2D eigenvalue weighted by molar-refractivity contribution is -0.151. The molecule has 0 heterocycles. The summed E-state index contributed by atoms with van der Waals surface area (Å²) < 4.78 is 4.79. The molecule has 0 aromatic carbocycles. The maximum atomic E-state index is 12.1. The van der Waals surface area contributed by atoms with E-state index in [0.29, 0.717) is 21.7 Å². The van der Waals surface area contributed by atoms with Gasteiger partial charge < -0.3 is 45.2 Å². The summed E-state index contributed by atoms with van der Waals surface area (Å²) in [5, 5.41) is 50.7. The molecule has 0 aromatic heterocycles. The van der Waals surface area contributed by atoms with Crippen molar-refractivity contribution in [3.05, 3.63) is 0 Å². The van der Waals surface area contributed by atoms with Gasteiger partial charge in [-0.3, -0.25) is 9.59 Å². The molecule has 6 N–H and O–H groups in total. The number of aliphatic carboxylic acids is 1. The van der Waals surface area contributed by atoms with Gasteiger partial charge in [-0.25, -0.2) is 0 Å². The van der Waals surface area contributed by atoms with Crippen molar-refractivity contribution in [3.8, 4) is 0 Å². The van der Waals surface area contributed by atoms with Crippen LogP contribution in [-0.4, -0.2) is 138 Å². The van der Waals surface area contributed by atoms with Crippen LogP contribution in [0.4, 0.5) is 0 Å². The molecule has 0 saturated heterocycles. The molecule has 246 valence electrons. The Balaban J connectivity index is -0.000000273. The van der Waals surface area contributed by atoms with Gasteiger partial charge in [-0.15, -0.1) is 0 Å². The second kappa shape index (κ2) is 25.7. The van der Waals surface area contributed by atoms with E-state index in [-0.39, 0.29) is 33.0 Å². The molecule has 0 saturated carbocycles. The molecule has 15 heteroatoms. The number of carboxylic acid groups (broad SMARTS) is 1. The van der Waals surface area contributed by atoms with E-state index < -0.39 is 26.8 Å². The quantitative estimate of drug-likeness (QED) is 0.132. The number of esters is 1. The SMILES string of the molecule is CCC(CO)(CO)COC(=O)C(C)(C)SC(=S)N(C)C.CCCCO.CN(C)C(=S)SC(C)(C)C(=O)O.OCCO. The topological polar surface area (TPSA) is 171 Å². The molecular formula is C26H54N2O9S4. The Morgan fingerprint density at radius 3 is 1.37 bits per heavy atom. The Bertz CT molecular complexity index is 721. The first kappa shape index (κ1) is 47.2. The van der Waals surface area contributed by atoms with E-state index in [1.54, 1.807) is 51.6 Å². The van der Waals surface area contributed by atoms with Gasteiger partial charge in [0.1, 0.15) is 24.7 Å². The normalized spacial score (nSPS) is 10.9. The monoisotopic (exact) mass is 666 g/mol. The van der Waals surface area contributed by atoms with Crippen molar-refractivity contribution in [3.63, 3.8) is 0 Å². The van der Waals surface area contributed by atoms with Gasteiger partial charge in [0, 0.05) is 34.8 Å². The minimum atomic E-state index is -0.850. The third-order valence-electron chi connectivity index (χ3n) is 4.96. The molecule has 0 unspecified atom stereocenters. The van der Waals surface area contributed by atoms with Crippen LogP contribution in [0.3, 0.4) is 0 Å². The summed E-state index contributed by atoms with van der Waals surface area (Å²) in [5.74, 6) is -1.26. The minimum Gasteiger partial charge on any atom is -0.480 e. The van der Waals surface area contributed by atoms with Crippen LogP contribution in [0, 0.1) is 5.41 Å². The number of hydrogen-bond acceptors (Lipinski definition) is 12. The lowest BCUT2D eigenvalue weighted by atomic mass is 9.88. The second-order valence-corrected chi connectivity index (χ2v) is 14.6. The maximum Gasteiger partial charge on any atom is 0.322 e. The van der Waals surface area contributed by atoms with Crippen LogP contribution in [0.25, 0.3) is 0 Å². The number of nitrogens with zero attached hydrogens (tertiary/aromatic N) is 2. The predicted molar refractivity (Wildman–Crippen MR) is 178 cm³/mol. The fourth-order valence-electron chi connectivity index (χ4n) is 1.72. The molecule has 41 heavy (non-hydrogen) atoms. The highest BCUT2D eigenvalue weighted by Gasteiger charge is 2.35. The lowest BCUT2D eigenvalue weighted by Gasteiger charge is -2.30. The number of aliphatic hydroxyl groups is 5. The minimum absolute atomic E-state index is 0.00590. The molecule has 0 bridgehead atoms. The highest BCUT2D eigenvalue weighted by atomic mass is 32.2. The summed E-state index contributed by atoms with van der Waals surface area (Å²) in [6, 6.07) is 0. The average molecular weight is 667 g/mol. The highest BCUT2D eigenvalue weighted by Crippen LogP contribution is 2.30. The zero-order valence-corrected chi connectivity index (χ0v) is 29.6. The number of aliphatic hydroxyl groups excluding tert-OH is 5. The van der Waals surface area contributed by atoms with Crippen molar-refractivity contribution in [2.75, 3.05) is 67.8 Å². The Morgan fingerprint density at radius 2 is 1.15 bits per heavy atom. The molecular weight excluding hydrogens is 613 g/mol. The Kier molecular flexibility index (Phi) is 29.6. The molecule has 0 fully saturated rings. The van der Waals surface area contributed by atoms with E-state index in [0.717, 1.165) is 12.8 Å². The molecule has 0 radical (unpaired) electrons. The molecule has 0 aliphatic rings. The van der Waals surface area contributed by atoms with E-state index in [9.17, 15) is 19.8 Å². The smallest absolute Gasteiger partial charge is 0.322 e. The van der Waals surface area contributed by atoms with Crippen molar-refractivity contribution < 1.29 is 45.0 Å².